The molecular weight excluding hydrogens is 497 g/mol. The molecule has 0 saturated carbocycles. The number of carbonyl (C=O) groups is 2. The summed E-state index contributed by atoms with van der Waals surface area (Å²) in [7, 11) is 0. The second kappa shape index (κ2) is 10.6. The number of nitrogens with zero attached hydrogens (tertiary/aromatic N) is 2. The van der Waals surface area contributed by atoms with Gasteiger partial charge in [0.05, 0.1) is 23.3 Å². The maximum Gasteiger partial charge on any atom is 0.269 e. The molecule has 2 atom stereocenters. The Hall–Kier alpha value is -3.15. The SMILES string of the molecule is CCc1c(NC(C(=O)NNC(=O)c2ccc(C#N)cc2)[C@H](C)O)ccc(C#N)c1I. The van der Waals surface area contributed by atoms with Crippen LogP contribution in [0.3, 0.4) is 0 Å². The molecule has 2 amide bonds. The Labute approximate surface area is 188 Å². The molecule has 0 aliphatic heterocycles. The molecule has 0 bridgehead atoms. The van der Waals surface area contributed by atoms with Crippen LogP contribution >= 0.6 is 22.6 Å². The van der Waals surface area contributed by atoms with Crippen molar-refractivity contribution in [3.05, 3.63) is 62.2 Å². The van der Waals surface area contributed by atoms with E-state index in [1.807, 2.05) is 13.0 Å². The van der Waals surface area contributed by atoms with Crippen molar-refractivity contribution in [1.29, 1.82) is 10.5 Å². The number of halogens is 1. The van der Waals surface area contributed by atoms with Crippen LogP contribution in [0, 0.1) is 26.2 Å². The van der Waals surface area contributed by atoms with Gasteiger partial charge in [-0.2, -0.15) is 10.5 Å². The highest BCUT2D eigenvalue weighted by molar-refractivity contribution is 14.1. The minimum absolute atomic E-state index is 0.269. The van der Waals surface area contributed by atoms with E-state index in [-0.39, 0.29) is 5.56 Å². The third-order valence-corrected chi connectivity index (χ3v) is 5.60. The van der Waals surface area contributed by atoms with Gasteiger partial charge in [-0.05, 0) is 77.9 Å². The fourth-order valence-electron chi connectivity index (χ4n) is 2.73. The lowest BCUT2D eigenvalue weighted by Gasteiger charge is -2.24. The molecule has 1 unspecified atom stereocenters. The first-order valence-electron chi connectivity index (χ1n) is 9.08. The second-order valence-electron chi connectivity index (χ2n) is 6.41. The summed E-state index contributed by atoms with van der Waals surface area (Å²) in [6, 6.07) is 12.3. The topological polar surface area (TPSA) is 138 Å². The van der Waals surface area contributed by atoms with Crippen LogP contribution in [0.5, 0.6) is 0 Å². The van der Waals surface area contributed by atoms with E-state index in [2.05, 4.69) is 44.8 Å². The molecule has 154 valence electrons. The van der Waals surface area contributed by atoms with Crippen molar-refractivity contribution in [3.8, 4) is 12.1 Å². The molecule has 0 radical (unpaired) electrons. The minimum atomic E-state index is -1.06. The predicted octanol–water partition coefficient (Wildman–Crippen LogP) is 2.22. The van der Waals surface area contributed by atoms with Gasteiger partial charge in [-0.3, -0.25) is 20.4 Å². The van der Waals surface area contributed by atoms with Gasteiger partial charge in [0.25, 0.3) is 11.8 Å². The first kappa shape index (κ1) is 23.1. The van der Waals surface area contributed by atoms with E-state index in [1.165, 1.54) is 31.2 Å². The molecule has 2 aromatic carbocycles. The molecule has 0 saturated heterocycles. The number of anilines is 1. The Bertz CT molecular complexity index is 1020. The fourth-order valence-corrected chi connectivity index (χ4v) is 3.70. The molecule has 30 heavy (non-hydrogen) atoms. The van der Waals surface area contributed by atoms with Crippen LogP contribution in [-0.2, 0) is 11.2 Å². The summed E-state index contributed by atoms with van der Waals surface area (Å²) in [5.74, 6) is -1.19. The summed E-state index contributed by atoms with van der Waals surface area (Å²) in [5.41, 5.74) is 7.30. The molecule has 0 aliphatic carbocycles. The molecule has 2 aromatic rings. The molecule has 0 spiro atoms. The van der Waals surface area contributed by atoms with E-state index in [9.17, 15) is 20.0 Å². The lowest BCUT2D eigenvalue weighted by Crippen LogP contribution is -2.52. The normalized spacial score (nSPS) is 12.1. The minimum Gasteiger partial charge on any atom is -0.391 e. The summed E-state index contributed by atoms with van der Waals surface area (Å²) < 4.78 is 0.779. The molecule has 8 nitrogen and oxygen atoms in total. The van der Waals surface area contributed by atoms with Crippen LogP contribution in [-0.4, -0.2) is 29.1 Å². The summed E-state index contributed by atoms with van der Waals surface area (Å²) >= 11 is 2.08. The van der Waals surface area contributed by atoms with Crippen molar-refractivity contribution >= 4 is 40.1 Å². The largest absolute Gasteiger partial charge is 0.391 e. The zero-order valence-corrected chi connectivity index (χ0v) is 18.5. The van der Waals surface area contributed by atoms with Gasteiger partial charge in [0, 0.05) is 14.8 Å². The standard InChI is InChI=1S/C21H20IN5O3/c1-3-16-17(9-8-15(11-24)18(16)22)25-19(12(2)28)21(30)27-26-20(29)14-6-4-13(10-23)5-7-14/h4-9,12,19,25,28H,3H2,1-2H3,(H,26,29)(H,27,30)/t12-,19?/m0/s1. The number of carbonyl (C=O) groups excluding carboxylic acids is 2. The van der Waals surface area contributed by atoms with Gasteiger partial charge in [0.15, 0.2) is 0 Å². The summed E-state index contributed by atoms with van der Waals surface area (Å²) in [5, 5.41) is 31.1. The van der Waals surface area contributed by atoms with Gasteiger partial charge in [-0.1, -0.05) is 6.92 Å². The average molecular weight is 517 g/mol. The van der Waals surface area contributed by atoms with Crippen LogP contribution in [0.4, 0.5) is 5.69 Å². The number of rotatable bonds is 6. The van der Waals surface area contributed by atoms with Crippen molar-refractivity contribution in [2.24, 2.45) is 0 Å². The first-order chi connectivity index (χ1) is 14.3. The molecule has 9 heteroatoms. The van der Waals surface area contributed by atoms with Crippen molar-refractivity contribution in [1.82, 2.24) is 10.9 Å². The number of hydrogen-bond acceptors (Lipinski definition) is 6. The summed E-state index contributed by atoms with van der Waals surface area (Å²) in [6.07, 6.45) is -0.436. The zero-order chi connectivity index (χ0) is 22.3. The number of hydrazine groups is 1. The van der Waals surface area contributed by atoms with E-state index < -0.39 is 24.0 Å². The lowest BCUT2D eigenvalue weighted by atomic mass is 10.0. The van der Waals surface area contributed by atoms with Gasteiger partial charge in [-0.25, -0.2) is 0 Å². The maximum absolute atomic E-state index is 12.6. The van der Waals surface area contributed by atoms with E-state index in [0.29, 0.717) is 23.2 Å². The highest BCUT2D eigenvalue weighted by Crippen LogP contribution is 2.26. The fraction of sp³-hybridized carbons (Fsp3) is 0.238. The van der Waals surface area contributed by atoms with Crippen LogP contribution in [0.1, 0.15) is 40.9 Å². The van der Waals surface area contributed by atoms with Crippen LogP contribution in [0.25, 0.3) is 0 Å². The molecule has 0 heterocycles. The van der Waals surface area contributed by atoms with Crippen LogP contribution in [0.2, 0.25) is 0 Å². The number of benzene rings is 2. The second-order valence-corrected chi connectivity index (χ2v) is 7.49. The maximum atomic E-state index is 12.6. The number of nitrogens with one attached hydrogen (secondary N) is 3. The first-order valence-corrected chi connectivity index (χ1v) is 10.2. The Morgan fingerprint density at radius 1 is 1.10 bits per heavy atom. The highest BCUT2D eigenvalue weighted by Gasteiger charge is 2.25. The van der Waals surface area contributed by atoms with Crippen molar-refractivity contribution in [2.75, 3.05) is 5.32 Å². The number of hydrogen-bond donors (Lipinski definition) is 4. The van der Waals surface area contributed by atoms with E-state index in [1.54, 1.807) is 12.1 Å². The molecule has 0 aliphatic rings. The van der Waals surface area contributed by atoms with Gasteiger partial charge in [-0.15, -0.1) is 0 Å². The van der Waals surface area contributed by atoms with Crippen molar-refractivity contribution in [3.63, 3.8) is 0 Å². The third-order valence-electron chi connectivity index (χ3n) is 4.37. The highest BCUT2D eigenvalue weighted by atomic mass is 127. The Balaban J connectivity index is 2.12. The van der Waals surface area contributed by atoms with Gasteiger partial charge in [0.2, 0.25) is 0 Å². The lowest BCUT2D eigenvalue weighted by molar-refractivity contribution is -0.124. The molecular formula is C21H20IN5O3. The Morgan fingerprint density at radius 3 is 2.30 bits per heavy atom. The van der Waals surface area contributed by atoms with E-state index >= 15 is 0 Å². The average Bonchev–Trinajstić information content (AvgIpc) is 2.75. The number of aliphatic hydroxyl groups excluding tert-OH is 1. The van der Waals surface area contributed by atoms with Crippen molar-refractivity contribution in [2.45, 2.75) is 32.4 Å². The molecule has 4 N–H and O–H groups in total. The predicted molar refractivity (Wildman–Crippen MR) is 119 cm³/mol. The Morgan fingerprint density at radius 2 is 1.77 bits per heavy atom. The molecule has 0 fully saturated rings. The monoisotopic (exact) mass is 517 g/mol. The molecule has 2 rings (SSSR count). The van der Waals surface area contributed by atoms with E-state index in [0.717, 1.165) is 9.13 Å². The summed E-state index contributed by atoms with van der Waals surface area (Å²) in [6.45, 7) is 3.39. The number of amides is 2. The third kappa shape index (κ3) is 5.47. The quantitative estimate of drug-likeness (QED) is 0.343. The molecule has 0 aromatic heterocycles. The zero-order valence-electron chi connectivity index (χ0n) is 16.4. The van der Waals surface area contributed by atoms with Gasteiger partial charge < -0.3 is 10.4 Å². The van der Waals surface area contributed by atoms with E-state index in [4.69, 9.17) is 5.26 Å². The van der Waals surface area contributed by atoms with Gasteiger partial charge in [0.1, 0.15) is 12.1 Å². The van der Waals surface area contributed by atoms with Crippen LogP contribution in [0.15, 0.2) is 36.4 Å². The Kier molecular flexibility index (Phi) is 8.16. The number of aliphatic hydroxyl groups is 1. The van der Waals surface area contributed by atoms with Crippen molar-refractivity contribution < 1.29 is 14.7 Å². The van der Waals surface area contributed by atoms with Crippen LogP contribution < -0.4 is 16.2 Å². The van der Waals surface area contributed by atoms with Gasteiger partial charge >= 0.3 is 0 Å². The number of nitriles is 2. The smallest absolute Gasteiger partial charge is 0.269 e. The summed E-state index contributed by atoms with van der Waals surface area (Å²) in [4.78, 5) is 24.8.